The molecular weight excluding hydrogens is 164 g/mol. The zero-order chi connectivity index (χ0) is 9.52. The lowest BCUT2D eigenvalue weighted by atomic mass is 10.3. The molecule has 0 bridgehead atoms. The van der Waals surface area contributed by atoms with Gasteiger partial charge in [-0.3, -0.25) is 4.98 Å². The largest absolute Gasteiger partial charge is 0.369 e. The summed E-state index contributed by atoms with van der Waals surface area (Å²) in [5, 5.41) is 11.4. The summed E-state index contributed by atoms with van der Waals surface area (Å²) in [5.74, 6) is 0.806. The molecule has 4 nitrogen and oxygen atoms in total. The van der Waals surface area contributed by atoms with Gasteiger partial charge in [0.25, 0.3) is 0 Å². The van der Waals surface area contributed by atoms with Crippen molar-refractivity contribution in [2.45, 2.75) is 19.8 Å². The number of nitrogens with zero attached hydrogens (tertiary/aromatic N) is 3. The molecule has 1 N–H and O–H groups in total. The van der Waals surface area contributed by atoms with Crippen molar-refractivity contribution in [1.29, 1.82) is 5.26 Å². The fraction of sp³-hybridized carbons (Fsp3) is 0.444. The third-order valence-corrected chi connectivity index (χ3v) is 1.64. The van der Waals surface area contributed by atoms with Gasteiger partial charge in [-0.25, -0.2) is 4.98 Å². The number of aromatic nitrogens is 2. The zero-order valence-electron chi connectivity index (χ0n) is 7.62. The topological polar surface area (TPSA) is 61.6 Å². The van der Waals surface area contributed by atoms with Gasteiger partial charge in [0.05, 0.1) is 11.8 Å². The molecule has 0 radical (unpaired) electrons. The van der Waals surface area contributed by atoms with Gasteiger partial charge in [-0.15, -0.1) is 0 Å². The van der Waals surface area contributed by atoms with Crippen LogP contribution in [0.2, 0.25) is 0 Å². The van der Waals surface area contributed by atoms with Crippen molar-refractivity contribution < 1.29 is 0 Å². The molecule has 0 aromatic carbocycles. The summed E-state index contributed by atoms with van der Waals surface area (Å²) < 4.78 is 0. The van der Waals surface area contributed by atoms with Gasteiger partial charge in [-0.05, 0) is 13.3 Å². The molecule has 68 valence electrons. The molecule has 0 saturated carbocycles. The van der Waals surface area contributed by atoms with Gasteiger partial charge < -0.3 is 5.32 Å². The minimum atomic E-state index is 0.576. The average molecular weight is 176 g/mol. The van der Waals surface area contributed by atoms with Crippen LogP contribution in [0, 0.1) is 18.3 Å². The minimum absolute atomic E-state index is 0.576. The highest BCUT2D eigenvalue weighted by atomic mass is 15.0. The summed E-state index contributed by atoms with van der Waals surface area (Å²) in [6, 6.07) is 2.09. The van der Waals surface area contributed by atoms with Gasteiger partial charge in [0.15, 0.2) is 0 Å². The van der Waals surface area contributed by atoms with Crippen LogP contribution in [0.1, 0.15) is 18.5 Å². The van der Waals surface area contributed by atoms with Gasteiger partial charge in [0.1, 0.15) is 5.82 Å². The van der Waals surface area contributed by atoms with Gasteiger partial charge in [-0.1, -0.05) is 0 Å². The van der Waals surface area contributed by atoms with E-state index in [1.54, 1.807) is 12.4 Å². The number of aryl methyl sites for hydroxylation is 1. The monoisotopic (exact) mass is 176 g/mol. The van der Waals surface area contributed by atoms with Crippen LogP contribution in [0.3, 0.4) is 0 Å². The lowest BCUT2D eigenvalue weighted by Gasteiger charge is -2.04. The molecule has 1 rings (SSSR count). The average Bonchev–Trinajstić information content (AvgIpc) is 2.15. The first kappa shape index (κ1) is 9.46. The third kappa shape index (κ3) is 3.08. The second-order valence-corrected chi connectivity index (χ2v) is 2.68. The predicted octanol–water partition coefficient (Wildman–Crippen LogP) is 1.50. The highest BCUT2D eigenvalue weighted by molar-refractivity contribution is 5.37. The zero-order valence-corrected chi connectivity index (χ0v) is 7.62. The lowest BCUT2D eigenvalue weighted by Crippen LogP contribution is -2.05. The van der Waals surface area contributed by atoms with E-state index in [2.05, 4.69) is 21.4 Å². The number of nitrogens with one attached hydrogen (secondary N) is 1. The van der Waals surface area contributed by atoms with E-state index >= 15 is 0 Å². The molecule has 0 saturated heterocycles. The van der Waals surface area contributed by atoms with E-state index in [0.717, 1.165) is 24.5 Å². The SMILES string of the molecule is Cc1nccnc1NCCCC#N. The fourth-order valence-electron chi connectivity index (χ4n) is 0.955. The summed E-state index contributed by atoms with van der Waals surface area (Å²) in [6.07, 6.45) is 4.73. The van der Waals surface area contributed by atoms with Crippen molar-refractivity contribution in [3.05, 3.63) is 18.1 Å². The Hall–Kier alpha value is -1.63. The van der Waals surface area contributed by atoms with Crippen molar-refractivity contribution >= 4 is 5.82 Å². The van der Waals surface area contributed by atoms with Crippen molar-refractivity contribution in [3.63, 3.8) is 0 Å². The van der Waals surface area contributed by atoms with Crippen LogP contribution in [0.4, 0.5) is 5.82 Å². The van der Waals surface area contributed by atoms with Crippen LogP contribution in [0.15, 0.2) is 12.4 Å². The highest BCUT2D eigenvalue weighted by Gasteiger charge is 1.96. The quantitative estimate of drug-likeness (QED) is 0.706. The molecule has 0 spiro atoms. The molecule has 0 aliphatic heterocycles. The van der Waals surface area contributed by atoms with Crippen molar-refractivity contribution in [2.75, 3.05) is 11.9 Å². The van der Waals surface area contributed by atoms with E-state index in [4.69, 9.17) is 5.26 Å². The number of rotatable bonds is 4. The molecule has 0 unspecified atom stereocenters. The smallest absolute Gasteiger partial charge is 0.147 e. The fourth-order valence-corrected chi connectivity index (χ4v) is 0.955. The van der Waals surface area contributed by atoms with Crippen LogP contribution in [-0.2, 0) is 0 Å². The van der Waals surface area contributed by atoms with Crippen LogP contribution in [0.5, 0.6) is 0 Å². The van der Waals surface area contributed by atoms with E-state index in [0.29, 0.717) is 6.42 Å². The Kier molecular flexibility index (Phi) is 3.71. The first-order valence-corrected chi connectivity index (χ1v) is 4.23. The number of nitriles is 1. The predicted molar refractivity (Wildman–Crippen MR) is 50.1 cm³/mol. The van der Waals surface area contributed by atoms with Crippen LogP contribution in [0.25, 0.3) is 0 Å². The second-order valence-electron chi connectivity index (χ2n) is 2.68. The lowest BCUT2D eigenvalue weighted by molar-refractivity contribution is 0.887. The first-order chi connectivity index (χ1) is 6.34. The summed E-state index contributed by atoms with van der Waals surface area (Å²) in [6.45, 7) is 2.67. The van der Waals surface area contributed by atoms with Crippen molar-refractivity contribution in [3.8, 4) is 6.07 Å². The second kappa shape index (κ2) is 5.09. The molecule has 0 fully saturated rings. The van der Waals surface area contributed by atoms with Crippen LogP contribution in [-0.4, -0.2) is 16.5 Å². The molecule has 0 atom stereocenters. The number of anilines is 1. The van der Waals surface area contributed by atoms with E-state index in [9.17, 15) is 0 Å². The Labute approximate surface area is 77.6 Å². The molecule has 0 amide bonds. The highest BCUT2D eigenvalue weighted by Crippen LogP contribution is 2.05. The Bertz CT molecular complexity index is 303. The van der Waals surface area contributed by atoms with E-state index in [1.807, 2.05) is 6.92 Å². The van der Waals surface area contributed by atoms with Crippen LogP contribution < -0.4 is 5.32 Å². The molecule has 0 aliphatic carbocycles. The molecule has 13 heavy (non-hydrogen) atoms. The summed E-state index contributed by atoms with van der Waals surface area (Å²) >= 11 is 0. The number of hydrogen-bond donors (Lipinski definition) is 1. The van der Waals surface area contributed by atoms with E-state index in [-0.39, 0.29) is 0 Å². The molecular formula is C9H12N4. The van der Waals surface area contributed by atoms with Crippen molar-refractivity contribution in [1.82, 2.24) is 9.97 Å². The normalized spacial score (nSPS) is 9.23. The van der Waals surface area contributed by atoms with E-state index in [1.165, 1.54) is 0 Å². The Balaban J connectivity index is 2.37. The van der Waals surface area contributed by atoms with Crippen molar-refractivity contribution in [2.24, 2.45) is 0 Å². The maximum atomic E-state index is 8.31. The number of hydrogen-bond acceptors (Lipinski definition) is 4. The minimum Gasteiger partial charge on any atom is -0.369 e. The molecule has 1 aromatic rings. The van der Waals surface area contributed by atoms with Gasteiger partial charge >= 0.3 is 0 Å². The first-order valence-electron chi connectivity index (χ1n) is 4.23. The molecule has 1 aromatic heterocycles. The Morgan fingerprint density at radius 3 is 2.92 bits per heavy atom. The van der Waals surface area contributed by atoms with E-state index < -0.39 is 0 Å². The summed E-state index contributed by atoms with van der Waals surface area (Å²) in [4.78, 5) is 8.21. The molecule has 4 heteroatoms. The van der Waals surface area contributed by atoms with Crippen LogP contribution >= 0.6 is 0 Å². The number of unbranched alkanes of at least 4 members (excludes halogenated alkanes) is 1. The van der Waals surface area contributed by atoms with Gasteiger partial charge in [0.2, 0.25) is 0 Å². The van der Waals surface area contributed by atoms with Gasteiger partial charge in [-0.2, -0.15) is 5.26 Å². The Morgan fingerprint density at radius 1 is 1.46 bits per heavy atom. The Morgan fingerprint density at radius 2 is 2.23 bits per heavy atom. The summed E-state index contributed by atoms with van der Waals surface area (Å²) in [7, 11) is 0. The molecule has 1 heterocycles. The standard InChI is InChI=1S/C9H12N4/c1-8-9(13-7-6-11-8)12-5-3-2-4-10/h6-7H,2-3,5H2,1H3,(H,12,13). The maximum Gasteiger partial charge on any atom is 0.147 e. The third-order valence-electron chi connectivity index (χ3n) is 1.64. The maximum absolute atomic E-state index is 8.31. The molecule has 0 aliphatic rings. The summed E-state index contributed by atoms with van der Waals surface area (Å²) in [5.41, 5.74) is 0.888. The van der Waals surface area contributed by atoms with Gasteiger partial charge in [0, 0.05) is 25.4 Å².